The van der Waals surface area contributed by atoms with Gasteiger partial charge >= 0.3 is 5.97 Å². The van der Waals surface area contributed by atoms with Gasteiger partial charge in [0.1, 0.15) is 0 Å². The zero-order valence-electron chi connectivity index (χ0n) is 18.2. The van der Waals surface area contributed by atoms with E-state index in [1.54, 1.807) is 29.7 Å². The summed E-state index contributed by atoms with van der Waals surface area (Å²) in [7, 11) is 1.31. The van der Waals surface area contributed by atoms with Crippen molar-refractivity contribution < 1.29 is 19.1 Å². The number of thioether (sulfide) groups is 1. The first-order valence-electron chi connectivity index (χ1n) is 10.6. The Morgan fingerprint density at radius 1 is 1.42 bits per heavy atom. The maximum atomic E-state index is 13.1. The molecule has 0 radical (unpaired) electrons. The number of ether oxygens (including phenoxy) is 2. The molecule has 8 nitrogen and oxygen atoms in total. The molecule has 1 saturated heterocycles. The van der Waals surface area contributed by atoms with Crippen LogP contribution in [-0.4, -0.2) is 53.0 Å². The van der Waals surface area contributed by atoms with E-state index in [0.717, 1.165) is 32.3 Å². The fraction of sp³-hybridized carbons (Fsp3) is 0.545. The predicted molar refractivity (Wildman–Crippen MR) is 120 cm³/mol. The van der Waals surface area contributed by atoms with Gasteiger partial charge in [-0.3, -0.25) is 14.2 Å². The molecule has 1 fully saturated rings. The van der Waals surface area contributed by atoms with Crippen molar-refractivity contribution in [3.63, 3.8) is 0 Å². The Labute approximate surface area is 185 Å². The van der Waals surface area contributed by atoms with Crippen molar-refractivity contribution in [3.8, 4) is 0 Å². The molecule has 0 unspecified atom stereocenters. The number of carbonyl (C=O) groups is 2. The molecule has 168 valence electrons. The van der Waals surface area contributed by atoms with Crippen molar-refractivity contribution in [3.05, 3.63) is 34.1 Å². The number of unbranched alkanes of at least 4 members (excludes halogenated alkanes) is 1. The van der Waals surface area contributed by atoms with Gasteiger partial charge in [-0.25, -0.2) is 9.78 Å². The Kier molecular flexibility index (Phi) is 8.09. The molecule has 0 bridgehead atoms. The Balaban J connectivity index is 1.87. The van der Waals surface area contributed by atoms with Crippen LogP contribution in [0.2, 0.25) is 0 Å². The van der Waals surface area contributed by atoms with E-state index >= 15 is 0 Å². The third-order valence-electron chi connectivity index (χ3n) is 5.26. The van der Waals surface area contributed by atoms with Gasteiger partial charge in [0.05, 0.1) is 34.9 Å². The number of methoxy groups -OCH3 is 1. The molecule has 1 aliphatic heterocycles. The van der Waals surface area contributed by atoms with Crippen LogP contribution in [0.5, 0.6) is 0 Å². The summed E-state index contributed by atoms with van der Waals surface area (Å²) in [5, 5.41) is 3.39. The molecule has 3 rings (SSSR count). The number of hydrogen-bond donors (Lipinski definition) is 1. The zero-order chi connectivity index (χ0) is 22.4. The van der Waals surface area contributed by atoms with Gasteiger partial charge in [0.25, 0.3) is 5.56 Å². The molecular weight excluding hydrogens is 418 g/mol. The summed E-state index contributed by atoms with van der Waals surface area (Å²) in [6.45, 7) is 5.59. The highest BCUT2D eigenvalue weighted by atomic mass is 32.2. The number of fused-ring (bicyclic) bond motifs is 1. The number of hydrogen-bond acceptors (Lipinski definition) is 7. The quantitative estimate of drug-likeness (QED) is 0.358. The van der Waals surface area contributed by atoms with Gasteiger partial charge in [0, 0.05) is 19.7 Å². The number of aromatic nitrogens is 2. The topological polar surface area (TPSA) is 99.5 Å². The molecule has 0 aliphatic carbocycles. The van der Waals surface area contributed by atoms with Gasteiger partial charge in [-0.1, -0.05) is 25.1 Å². The van der Waals surface area contributed by atoms with Crippen molar-refractivity contribution in [1.82, 2.24) is 14.9 Å². The summed E-state index contributed by atoms with van der Waals surface area (Å²) >= 11 is 1.24. The van der Waals surface area contributed by atoms with Crippen LogP contribution in [0.15, 0.2) is 28.2 Å². The third-order valence-corrected chi connectivity index (χ3v) is 6.35. The van der Waals surface area contributed by atoms with E-state index in [1.807, 2.05) is 0 Å². The average molecular weight is 448 g/mol. The first-order valence-corrected chi connectivity index (χ1v) is 11.5. The minimum Gasteiger partial charge on any atom is -0.465 e. The molecule has 2 heterocycles. The van der Waals surface area contributed by atoms with Gasteiger partial charge in [-0.2, -0.15) is 0 Å². The minimum absolute atomic E-state index is 0.0689. The Bertz CT molecular complexity index is 1000. The SMILES string of the molecule is CCCCn1c(S[C@@H](C)C(=O)NC[C@@H]2CCCO2)nc2cc(C(=O)OC)ccc2c1=O. The van der Waals surface area contributed by atoms with Gasteiger partial charge < -0.3 is 14.8 Å². The second-order valence-electron chi connectivity index (χ2n) is 7.57. The lowest BCUT2D eigenvalue weighted by Gasteiger charge is -2.17. The molecule has 9 heteroatoms. The fourth-order valence-electron chi connectivity index (χ4n) is 3.42. The molecule has 1 aliphatic rings. The lowest BCUT2D eigenvalue weighted by atomic mass is 10.1. The van der Waals surface area contributed by atoms with Gasteiger partial charge in [0.2, 0.25) is 5.91 Å². The van der Waals surface area contributed by atoms with Crippen LogP contribution >= 0.6 is 11.8 Å². The van der Waals surface area contributed by atoms with E-state index in [4.69, 9.17) is 9.47 Å². The standard InChI is InChI=1S/C22H29N3O5S/c1-4-5-10-25-20(27)17-9-8-15(21(28)29-3)12-18(17)24-22(25)31-14(2)19(26)23-13-16-7-6-11-30-16/h8-9,12,14,16H,4-7,10-11,13H2,1-3H3,(H,23,26)/t14-,16-/m0/s1. The van der Waals surface area contributed by atoms with Crippen molar-refractivity contribution in [1.29, 1.82) is 0 Å². The summed E-state index contributed by atoms with van der Waals surface area (Å²) in [6.07, 6.45) is 3.78. The molecule has 1 aromatic heterocycles. The minimum atomic E-state index is -0.491. The second-order valence-corrected chi connectivity index (χ2v) is 8.88. The monoisotopic (exact) mass is 447 g/mol. The average Bonchev–Trinajstić information content (AvgIpc) is 3.30. The first kappa shape index (κ1) is 23.3. The van der Waals surface area contributed by atoms with Crippen LogP contribution in [0.3, 0.4) is 0 Å². The van der Waals surface area contributed by atoms with Crippen molar-refractivity contribution >= 4 is 34.5 Å². The molecule has 1 aromatic carbocycles. The van der Waals surface area contributed by atoms with E-state index in [9.17, 15) is 14.4 Å². The van der Waals surface area contributed by atoms with E-state index < -0.39 is 11.2 Å². The number of benzene rings is 1. The van der Waals surface area contributed by atoms with Crippen LogP contribution in [0.25, 0.3) is 10.9 Å². The van der Waals surface area contributed by atoms with Gasteiger partial charge in [-0.05, 0) is 44.4 Å². The smallest absolute Gasteiger partial charge is 0.337 e. The summed E-state index contributed by atoms with van der Waals surface area (Å²) < 4.78 is 11.9. The maximum absolute atomic E-state index is 13.1. The highest BCUT2D eigenvalue weighted by Crippen LogP contribution is 2.24. The van der Waals surface area contributed by atoms with Crippen molar-refractivity contribution in [2.45, 2.75) is 62.6 Å². The number of amides is 1. The number of rotatable bonds is 9. The van der Waals surface area contributed by atoms with Crippen LogP contribution < -0.4 is 10.9 Å². The third kappa shape index (κ3) is 5.65. The largest absolute Gasteiger partial charge is 0.465 e. The van der Waals surface area contributed by atoms with Crippen LogP contribution in [0.4, 0.5) is 0 Å². The highest BCUT2D eigenvalue weighted by Gasteiger charge is 2.22. The van der Waals surface area contributed by atoms with Crippen molar-refractivity contribution in [2.24, 2.45) is 0 Å². The molecule has 0 saturated carbocycles. The number of nitrogens with one attached hydrogen (secondary N) is 1. The lowest BCUT2D eigenvalue weighted by Crippen LogP contribution is -2.37. The molecule has 1 N–H and O–H groups in total. The van der Waals surface area contributed by atoms with E-state index in [0.29, 0.717) is 34.7 Å². The molecule has 1 amide bonds. The van der Waals surface area contributed by atoms with Crippen molar-refractivity contribution in [2.75, 3.05) is 20.3 Å². The Hall–Kier alpha value is -2.39. The van der Waals surface area contributed by atoms with E-state index in [1.165, 1.54) is 18.9 Å². The molecule has 2 aromatic rings. The number of nitrogens with zero attached hydrogens (tertiary/aromatic N) is 2. The van der Waals surface area contributed by atoms with Crippen LogP contribution in [0.1, 0.15) is 49.9 Å². The summed E-state index contributed by atoms with van der Waals surface area (Å²) in [4.78, 5) is 42.3. The number of carbonyl (C=O) groups excluding carboxylic acids is 2. The van der Waals surface area contributed by atoms with Crippen LogP contribution in [-0.2, 0) is 20.8 Å². The first-order chi connectivity index (χ1) is 14.9. The summed E-state index contributed by atoms with van der Waals surface area (Å²) in [5.74, 6) is -0.616. The predicted octanol–water partition coefficient (Wildman–Crippen LogP) is 2.76. The maximum Gasteiger partial charge on any atom is 0.337 e. The lowest BCUT2D eigenvalue weighted by molar-refractivity contribution is -0.120. The molecule has 0 spiro atoms. The van der Waals surface area contributed by atoms with Gasteiger partial charge in [-0.15, -0.1) is 0 Å². The van der Waals surface area contributed by atoms with Gasteiger partial charge in [0.15, 0.2) is 5.16 Å². The summed E-state index contributed by atoms with van der Waals surface area (Å²) in [6, 6.07) is 4.72. The van der Waals surface area contributed by atoms with Crippen LogP contribution in [0, 0.1) is 0 Å². The Morgan fingerprint density at radius 3 is 2.90 bits per heavy atom. The number of esters is 1. The zero-order valence-corrected chi connectivity index (χ0v) is 19.0. The normalized spacial score (nSPS) is 16.9. The molecular formula is C22H29N3O5S. The molecule has 31 heavy (non-hydrogen) atoms. The van der Waals surface area contributed by atoms with E-state index in [-0.39, 0.29) is 17.6 Å². The second kappa shape index (κ2) is 10.8. The van der Waals surface area contributed by atoms with E-state index in [2.05, 4.69) is 17.2 Å². The Morgan fingerprint density at radius 2 is 2.23 bits per heavy atom. The summed E-state index contributed by atoms with van der Waals surface area (Å²) in [5.41, 5.74) is 0.561. The highest BCUT2D eigenvalue weighted by molar-refractivity contribution is 8.00. The fourth-order valence-corrected chi connectivity index (χ4v) is 4.38. The molecule has 2 atom stereocenters.